The van der Waals surface area contributed by atoms with Crippen LogP contribution in [0.5, 0.6) is 0 Å². The Bertz CT molecular complexity index is 872. The van der Waals surface area contributed by atoms with Crippen LogP contribution < -0.4 is 16.0 Å². The topological polar surface area (TPSA) is 124 Å². The zero-order chi connectivity index (χ0) is 23.4. The number of aromatic nitrogens is 1. The van der Waals surface area contributed by atoms with Crippen molar-refractivity contribution in [3.05, 3.63) is 16.6 Å². The third kappa shape index (κ3) is 6.92. The highest BCUT2D eigenvalue weighted by molar-refractivity contribution is 7.04. The molecule has 170 valence electrons. The van der Waals surface area contributed by atoms with Crippen LogP contribution in [0.3, 0.4) is 0 Å². The summed E-state index contributed by atoms with van der Waals surface area (Å²) in [5.74, 6) is -2.38. The van der Waals surface area contributed by atoms with E-state index >= 15 is 0 Å². The normalized spacial score (nSPS) is 18.6. The molecule has 1 aliphatic rings. The van der Waals surface area contributed by atoms with E-state index in [2.05, 4.69) is 20.3 Å². The Morgan fingerprint density at radius 1 is 1.35 bits per heavy atom. The summed E-state index contributed by atoms with van der Waals surface area (Å²) in [7, 11) is 0. The van der Waals surface area contributed by atoms with E-state index in [9.17, 15) is 32.8 Å². The number of rotatable bonds is 7. The van der Waals surface area contributed by atoms with Crippen molar-refractivity contribution in [1.29, 1.82) is 5.26 Å². The van der Waals surface area contributed by atoms with Gasteiger partial charge in [0.15, 0.2) is 5.69 Å². The van der Waals surface area contributed by atoms with Crippen molar-refractivity contribution in [3.8, 4) is 6.07 Å². The summed E-state index contributed by atoms with van der Waals surface area (Å²) in [6.45, 7) is 5.90. The molecule has 31 heavy (non-hydrogen) atoms. The van der Waals surface area contributed by atoms with Crippen LogP contribution in [0.15, 0.2) is 5.38 Å². The highest BCUT2D eigenvalue weighted by Gasteiger charge is 2.39. The lowest BCUT2D eigenvalue weighted by Gasteiger charge is -2.27. The van der Waals surface area contributed by atoms with Crippen LogP contribution in [0.25, 0.3) is 0 Å². The second-order valence-electron chi connectivity index (χ2n) is 8.57. The number of nitriles is 1. The van der Waals surface area contributed by atoms with Crippen molar-refractivity contribution < 1.29 is 27.6 Å². The van der Waals surface area contributed by atoms with Gasteiger partial charge in [-0.2, -0.15) is 22.8 Å². The molecule has 0 saturated carbocycles. The fraction of sp³-hybridized carbons (Fsp3) is 0.632. The average molecular weight is 459 g/mol. The van der Waals surface area contributed by atoms with Gasteiger partial charge >= 0.3 is 6.18 Å². The summed E-state index contributed by atoms with van der Waals surface area (Å²) in [4.78, 5) is 37.1. The lowest BCUT2D eigenvalue weighted by molar-refractivity contribution is -0.140. The van der Waals surface area contributed by atoms with Gasteiger partial charge in [-0.3, -0.25) is 14.4 Å². The van der Waals surface area contributed by atoms with Gasteiger partial charge in [-0.15, -0.1) is 0 Å². The monoisotopic (exact) mass is 459 g/mol. The van der Waals surface area contributed by atoms with Crippen LogP contribution in [-0.2, 0) is 15.8 Å². The van der Waals surface area contributed by atoms with Crippen LogP contribution in [0.4, 0.5) is 13.2 Å². The number of amides is 3. The molecule has 12 heteroatoms. The number of hydrogen-bond acceptors (Lipinski definition) is 6. The Balaban J connectivity index is 2.15. The Morgan fingerprint density at radius 3 is 2.55 bits per heavy atom. The standard InChI is InChI=1S/C19H24F3N5O3S/c1-18(2,3)7-13(26-16(29)12-9-31-27-14(12)19(20,21)22)17(30)25-11(8-23)6-10-4-5-24-15(10)28/h9-11,13H,4-7H2,1-3H3,(H,24,28)(H,25,30)(H,26,29)/t10-,11-,13-/m0/s1. The van der Waals surface area contributed by atoms with Gasteiger partial charge in [0.25, 0.3) is 5.91 Å². The summed E-state index contributed by atoms with van der Waals surface area (Å²) < 4.78 is 42.4. The fourth-order valence-electron chi connectivity index (χ4n) is 3.23. The summed E-state index contributed by atoms with van der Waals surface area (Å²) in [5, 5.41) is 17.9. The highest BCUT2D eigenvalue weighted by Crippen LogP contribution is 2.32. The van der Waals surface area contributed by atoms with Gasteiger partial charge in [-0.1, -0.05) is 20.8 Å². The first-order valence-corrected chi connectivity index (χ1v) is 10.5. The maximum absolute atomic E-state index is 13.1. The first-order valence-electron chi connectivity index (χ1n) is 9.62. The highest BCUT2D eigenvalue weighted by atomic mass is 32.1. The largest absolute Gasteiger partial charge is 0.435 e. The molecular weight excluding hydrogens is 435 g/mol. The Kier molecular flexibility index (Phi) is 7.64. The molecule has 1 aromatic rings. The molecule has 0 aromatic carbocycles. The smallest absolute Gasteiger partial charge is 0.356 e. The number of carbonyl (C=O) groups is 3. The quantitative estimate of drug-likeness (QED) is 0.577. The lowest BCUT2D eigenvalue weighted by Crippen LogP contribution is -2.51. The SMILES string of the molecule is CC(C)(C)C[C@H](NC(=O)c1csnc1C(F)(F)F)C(=O)N[C@H](C#N)C[C@@H]1CCNC1=O. The minimum atomic E-state index is -4.80. The molecule has 0 radical (unpaired) electrons. The van der Waals surface area contributed by atoms with E-state index in [0.717, 1.165) is 5.38 Å². The molecular formula is C19H24F3N5O3S. The molecule has 0 aliphatic carbocycles. The van der Waals surface area contributed by atoms with Crippen LogP contribution in [-0.4, -0.2) is 40.7 Å². The van der Waals surface area contributed by atoms with E-state index in [1.165, 1.54) is 0 Å². The van der Waals surface area contributed by atoms with Crippen LogP contribution in [0.1, 0.15) is 56.1 Å². The Morgan fingerprint density at radius 2 is 2.03 bits per heavy atom. The lowest BCUT2D eigenvalue weighted by atomic mass is 9.87. The molecule has 3 N–H and O–H groups in total. The molecule has 2 heterocycles. The Hall–Kier alpha value is -2.68. The van der Waals surface area contributed by atoms with Crippen LogP contribution >= 0.6 is 11.5 Å². The maximum atomic E-state index is 13.1. The molecule has 2 rings (SSSR count). The minimum Gasteiger partial charge on any atom is -0.356 e. The molecule has 1 fully saturated rings. The van der Waals surface area contributed by atoms with Crippen molar-refractivity contribution in [2.75, 3.05) is 6.54 Å². The predicted molar refractivity (Wildman–Crippen MR) is 106 cm³/mol. The third-order valence-electron chi connectivity index (χ3n) is 4.68. The number of nitrogens with one attached hydrogen (secondary N) is 3. The second kappa shape index (κ2) is 9.64. The number of nitrogens with zero attached hydrogens (tertiary/aromatic N) is 2. The molecule has 3 atom stereocenters. The first-order chi connectivity index (χ1) is 14.3. The number of halogens is 3. The zero-order valence-corrected chi connectivity index (χ0v) is 18.1. The summed E-state index contributed by atoms with van der Waals surface area (Å²) >= 11 is 0.490. The third-order valence-corrected chi connectivity index (χ3v) is 5.31. The van der Waals surface area contributed by atoms with Gasteiger partial charge < -0.3 is 16.0 Å². The molecule has 1 aromatic heterocycles. The second-order valence-corrected chi connectivity index (χ2v) is 9.20. The van der Waals surface area contributed by atoms with Gasteiger partial charge in [0, 0.05) is 17.8 Å². The minimum absolute atomic E-state index is 0.108. The van der Waals surface area contributed by atoms with E-state index in [1.54, 1.807) is 20.8 Å². The number of alkyl halides is 3. The Labute approximate surface area is 181 Å². The molecule has 3 amide bonds. The van der Waals surface area contributed by atoms with Gasteiger partial charge in [0.05, 0.1) is 11.6 Å². The average Bonchev–Trinajstić information content (AvgIpc) is 3.28. The van der Waals surface area contributed by atoms with Crippen molar-refractivity contribution >= 4 is 29.3 Å². The summed E-state index contributed by atoms with van der Waals surface area (Å²) in [6, 6.07) is -0.230. The van der Waals surface area contributed by atoms with Crippen molar-refractivity contribution in [3.63, 3.8) is 0 Å². The number of hydrogen-bond donors (Lipinski definition) is 3. The predicted octanol–water partition coefficient (Wildman–Crippen LogP) is 2.23. The van der Waals surface area contributed by atoms with Gasteiger partial charge in [0.1, 0.15) is 12.1 Å². The zero-order valence-electron chi connectivity index (χ0n) is 17.3. The molecule has 0 unspecified atom stereocenters. The molecule has 0 spiro atoms. The van der Waals surface area contributed by atoms with E-state index in [-0.39, 0.29) is 18.7 Å². The first kappa shape index (κ1) is 24.6. The van der Waals surface area contributed by atoms with Crippen molar-refractivity contribution in [2.24, 2.45) is 11.3 Å². The van der Waals surface area contributed by atoms with Gasteiger partial charge in [-0.05, 0) is 36.2 Å². The van der Waals surface area contributed by atoms with E-state index in [0.29, 0.717) is 24.5 Å². The maximum Gasteiger partial charge on any atom is 0.435 e. The van der Waals surface area contributed by atoms with Crippen LogP contribution in [0, 0.1) is 22.7 Å². The number of carbonyl (C=O) groups excluding carboxylic acids is 3. The summed E-state index contributed by atoms with van der Waals surface area (Å²) in [5.41, 5.74) is -2.43. The van der Waals surface area contributed by atoms with E-state index in [1.807, 2.05) is 6.07 Å². The fourth-order valence-corrected chi connectivity index (χ4v) is 3.91. The molecule has 8 nitrogen and oxygen atoms in total. The van der Waals surface area contributed by atoms with Crippen molar-refractivity contribution in [1.82, 2.24) is 20.3 Å². The summed E-state index contributed by atoms with van der Waals surface area (Å²) in [6.07, 6.45) is -4.04. The van der Waals surface area contributed by atoms with Gasteiger partial charge in [0.2, 0.25) is 11.8 Å². The van der Waals surface area contributed by atoms with Crippen LogP contribution in [0.2, 0.25) is 0 Å². The van der Waals surface area contributed by atoms with Gasteiger partial charge in [-0.25, -0.2) is 0 Å². The van der Waals surface area contributed by atoms with E-state index < -0.39 is 52.7 Å². The van der Waals surface area contributed by atoms with E-state index in [4.69, 9.17) is 0 Å². The van der Waals surface area contributed by atoms with Crippen molar-refractivity contribution in [2.45, 2.75) is 58.3 Å². The molecule has 0 bridgehead atoms. The molecule has 1 aliphatic heterocycles. The molecule has 1 saturated heterocycles.